The number of nitrogens with one attached hydrogen (secondary N) is 2. The van der Waals surface area contributed by atoms with Crippen LogP contribution < -0.4 is 15.4 Å². The molecule has 6 nitrogen and oxygen atoms in total. The zero-order valence-electron chi connectivity index (χ0n) is 15.6. The SMILES string of the molecule is O=[N+]([O-])c1cc(Cl)ccc1Oc1ccc(C2Nc3cccc4cccc(c34)N2)cc1. The Kier molecular flexibility index (Phi) is 4.41. The molecule has 7 heteroatoms. The predicted octanol–water partition coefficient (Wildman–Crippen LogP) is 6.73. The van der Waals surface area contributed by atoms with Crippen LogP contribution in [0, 0.1) is 10.1 Å². The van der Waals surface area contributed by atoms with Gasteiger partial charge in [0.05, 0.1) is 4.92 Å². The van der Waals surface area contributed by atoms with Gasteiger partial charge in [0.2, 0.25) is 5.75 Å². The number of nitro benzene ring substituents is 1. The molecule has 0 unspecified atom stereocenters. The molecule has 0 aliphatic carbocycles. The lowest BCUT2D eigenvalue weighted by Gasteiger charge is -2.29. The first-order valence-electron chi connectivity index (χ1n) is 9.35. The third-order valence-corrected chi connectivity index (χ3v) is 5.30. The van der Waals surface area contributed by atoms with Gasteiger partial charge in [0.1, 0.15) is 11.9 Å². The number of benzene rings is 4. The van der Waals surface area contributed by atoms with Crippen LogP contribution in [0.3, 0.4) is 0 Å². The van der Waals surface area contributed by atoms with Crippen molar-refractivity contribution in [2.24, 2.45) is 0 Å². The van der Waals surface area contributed by atoms with E-state index in [9.17, 15) is 10.1 Å². The Morgan fingerprint density at radius 2 is 1.57 bits per heavy atom. The van der Waals surface area contributed by atoms with Gasteiger partial charge < -0.3 is 15.4 Å². The second-order valence-electron chi connectivity index (χ2n) is 6.97. The molecule has 1 aliphatic rings. The Balaban J connectivity index is 1.39. The second kappa shape index (κ2) is 7.24. The maximum absolute atomic E-state index is 11.3. The molecule has 0 fully saturated rings. The van der Waals surface area contributed by atoms with Crippen LogP contribution in [0.5, 0.6) is 11.5 Å². The molecule has 0 atom stereocenters. The highest BCUT2D eigenvalue weighted by Crippen LogP contribution is 2.39. The van der Waals surface area contributed by atoms with Crippen LogP contribution in [0.2, 0.25) is 5.02 Å². The highest BCUT2D eigenvalue weighted by atomic mass is 35.5. The first-order chi connectivity index (χ1) is 14.6. The van der Waals surface area contributed by atoms with E-state index in [2.05, 4.69) is 34.9 Å². The van der Waals surface area contributed by atoms with E-state index in [0.29, 0.717) is 5.75 Å². The van der Waals surface area contributed by atoms with Crippen molar-refractivity contribution in [3.8, 4) is 11.5 Å². The lowest BCUT2D eigenvalue weighted by Crippen LogP contribution is -2.23. The number of ether oxygens (including phenoxy) is 1. The Labute approximate surface area is 177 Å². The van der Waals surface area contributed by atoms with Gasteiger partial charge in [0.25, 0.3) is 0 Å². The van der Waals surface area contributed by atoms with E-state index in [0.717, 1.165) is 16.9 Å². The van der Waals surface area contributed by atoms with E-state index in [1.807, 2.05) is 24.3 Å². The Morgan fingerprint density at radius 3 is 2.20 bits per heavy atom. The van der Waals surface area contributed by atoms with E-state index in [4.69, 9.17) is 16.3 Å². The lowest BCUT2D eigenvalue weighted by atomic mass is 10.0. The van der Waals surface area contributed by atoms with Gasteiger partial charge in [0, 0.05) is 27.8 Å². The Bertz CT molecular complexity index is 1230. The van der Waals surface area contributed by atoms with Gasteiger partial charge in [-0.3, -0.25) is 10.1 Å². The molecule has 4 aromatic rings. The van der Waals surface area contributed by atoms with Gasteiger partial charge in [-0.2, -0.15) is 0 Å². The molecule has 0 aromatic heterocycles. The average Bonchev–Trinajstić information content (AvgIpc) is 2.76. The standard InChI is InChI=1S/C23H16ClN3O3/c24-16-9-12-21(20(13-16)27(28)29)30-17-10-7-15(8-11-17)23-25-18-5-1-3-14-4-2-6-19(26-23)22(14)18/h1-13,23,25-26H. The van der Waals surface area contributed by atoms with E-state index in [-0.39, 0.29) is 22.6 Å². The fourth-order valence-electron chi connectivity index (χ4n) is 3.67. The predicted molar refractivity (Wildman–Crippen MR) is 119 cm³/mol. The second-order valence-corrected chi connectivity index (χ2v) is 7.41. The van der Waals surface area contributed by atoms with Crippen molar-refractivity contribution >= 4 is 39.4 Å². The third-order valence-electron chi connectivity index (χ3n) is 5.06. The summed E-state index contributed by atoms with van der Waals surface area (Å²) in [5.41, 5.74) is 2.99. The number of halogens is 1. The maximum Gasteiger partial charge on any atom is 0.313 e. The normalized spacial score (nSPS) is 12.8. The summed E-state index contributed by atoms with van der Waals surface area (Å²) in [5.74, 6) is 0.647. The summed E-state index contributed by atoms with van der Waals surface area (Å²) in [5, 5.41) is 20.9. The molecule has 0 bridgehead atoms. The van der Waals surface area contributed by atoms with Crippen LogP contribution in [0.1, 0.15) is 11.7 Å². The summed E-state index contributed by atoms with van der Waals surface area (Å²) < 4.78 is 5.73. The Morgan fingerprint density at radius 1 is 0.900 bits per heavy atom. The molecule has 0 spiro atoms. The van der Waals surface area contributed by atoms with Crippen LogP contribution in [0.15, 0.2) is 78.9 Å². The van der Waals surface area contributed by atoms with Crippen molar-refractivity contribution in [1.82, 2.24) is 0 Å². The Hall–Kier alpha value is -3.77. The summed E-state index contributed by atoms with van der Waals surface area (Å²) in [6, 6.07) is 24.2. The molecule has 1 aliphatic heterocycles. The highest BCUT2D eigenvalue weighted by molar-refractivity contribution is 6.30. The molecule has 0 radical (unpaired) electrons. The fraction of sp³-hybridized carbons (Fsp3) is 0.0435. The maximum atomic E-state index is 11.3. The van der Waals surface area contributed by atoms with Crippen molar-refractivity contribution in [1.29, 1.82) is 0 Å². The first-order valence-corrected chi connectivity index (χ1v) is 9.73. The minimum Gasteiger partial charge on any atom is -0.450 e. The molecule has 0 saturated carbocycles. The van der Waals surface area contributed by atoms with Gasteiger partial charge >= 0.3 is 5.69 Å². The van der Waals surface area contributed by atoms with E-state index in [1.165, 1.54) is 22.9 Å². The molecular weight excluding hydrogens is 402 g/mol. The van der Waals surface area contributed by atoms with E-state index in [1.54, 1.807) is 18.2 Å². The largest absolute Gasteiger partial charge is 0.450 e. The van der Waals surface area contributed by atoms with Gasteiger partial charge in [-0.25, -0.2) is 0 Å². The number of hydrogen-bond acceptors (Lipinski definition) is 5. The molecule has 4 aromatic carbocycles. The fourth-order valence-corrected chi connectivity index (χ4v) is 3.84. The molecule has 5 rings (SSSR count). The molecule has 30 heavy (non-hydrogen) atoms. The smallest absolute Gasteiger partial charge is 0.313 e. The molecular formula is C23H16ClN3O3. The van der Waals surface area contributed by atoms with Crippen molar-refractivity contribution in [3.63, 3.8) is 0 Å². The summed E-state index contributed by atoms with van der Waals surface area (Å²) in [7, 11) is 0. The average molecular weight is 418 g/mol. The van der Waals surface area contributed by atoms with Crippen molar-refractivity contribution < 1.29 is 9.66 Å². The topological polar surface area (TPSA) is 76.4 Å². The lowest BCUT2D eigenvalue weighted by molar-refractivity contribution is -0.385. The van der Waals surface area contributed by atoms with E-state index < -0.39 is 4.92 Å². The molecule has 2 N–H and O–H groups in total. The summed E-state index contributed by atoms with van der Waals surface area (Å²) in [6.45, 7) is 0. The van der Waals surface area contributed by atoms with Crippen molar-refractivity contribution in [2.75, 3.05) is 10.6 Å². The zero-order valence-corrected chi connectivity index (χ0v) is 16.4. The van der Waals surface area contributed by atoms with Crippen LogP contribution >= 0.6 is 11.6 Å². The molecule has 148 valence electrons. The first kappa shape index (κ1) is 18.3. The highest BCUT2D eigenvalue weighted by Gasteiger charge is 2.21. The summed E-state index contributed by atoms with van der Waals surface area (Å²) >= 11 is 5.86. The minimum absolute atomic E-state index is 0.107. The third kappa shape index (κ3) is 3.27. The summed E-state index contributed by atoms with van der Waals surface area (Å²) in [6.07, 6.45) is -0.107. The van der Waals surface area contributed by atoms with Crippen molar-refractivity contribution in [3.05, 3.63) is 99.6 Å². The van der Waals surface area contributed by atoms with Crippen LogP contribution in [-0.4, -0.2) is 4.92 Å². The molecule has 0 saturated heterocycles. The van der Waals surface area contributed by atoms with Crippen LogP contribution in [-0.2, 0) is 0 Å². The number of nitrogens with zero attached hydrogens (tertiary/aromatic N) is 1. The van der Waals surface area contributed by atoms with Crippen LogP contribution in [0.25, 0.3) is 10.8 Å². The van der Waals surface area contributed by atoms with Gasteiger partial charge in [-0.05, 0) is 47.3 Å². The molecule has 1 heterocycles. The number of anilines is 2. The molecule has 0 amide bonds. The van der Waals surface area contributed by atoms with E-state index >= 15 is 0 Å². The zero-order chi connectivity index (χ0) is 20.7. The van der Waals surface area contributed by atoms with Gasteiger partial charge in [-0.1, -0.05) is 48.0 Å². The quantitative estimate of drug-likeness (QED) is 0.284. The number of hydrogen-bond donors (Lipinski definition) is 2. The summed E-state index contributed by atoms with van der Waals surface area (Å²) in [4.78, 5) is 10.7. The number of rotatable bonds is 4. The minimum atomic E-state index is -0.510. The number of nitro groups is 1. The van der Waals surface area contributed by atoms with Crippen molar-refractivity contribution in [2.45, 2.75) is 6.17 Å². The van der Waals surface area contributed by atoms with Gasteiger partial charge in [0.15, 0.2) is 0 Å². The van der Waals surface area contributed by atoms with Gasteiger partial charge in [-0.15, -0.1) is 0 Å². The van der Waals surface area contributed by atoms with Crippen LogP contribution in [0.4, 0.5) is 17.1 Å². The monoisotopic (exact) mass is 417 g/mol.